The number of alkyl halides is 3. The first kappa shape index (κ1) is 10.8. The Hall–Kier alpha value is -1.26. The van der Waals surface area contributed by atoms with Crippen molar-refractivity contribution in [2.75, 3.05) is 0 Å². The molecule has 0 N–H and O–H groups in total. The highest BCUT2D eigenvalue weighted by Gasteiger charge is 2.38. The van der Waals surface area contributed by atoms with Gasteiger partial charge in [-0.25, -0.2) is 4.98 Å². The normalized spacial score (nSPS) is 13.8. The van der Waals surface area contributed by atoms with Gasteiger partial charge in [0.25, 0.3) is 0 Å². The summed E-state index contributed by atoms with van der Waals surface area (Å²) in [5.41, 5.74) is 0.587. The third-order valence-corrected chi connectivity index (χ3v) is 1.71. The Morgan fingerprint density at radius 1 is 1.43 bits per heavy atom. The third-order valence-electron chi connectivity index (χ3n) is 1.71. The topological polar surface area (TPSA) is 22.1 Å². The van der Waals surface area contributed by atoms with Crippen molar-refractivity contribution >= 4 is 0 Å². The number of nitrogens with zero attached hydrogens (tertiary/aromatic N) is 1. The van der Waals surface area contributed by atoms with Crippen molar-refractivity contribution in [1.82, 2.24) is 4.98 Å². The maximum atomic E-state index is 12.1. The van der Waals surface area contributed by atoms with Gasteiger partial charge in [0.15, 0.2) is 6.10 Å². The minimum Gasteiger partial charge on any atom is -0.465 e. The largest absolute Gasteiger partial charge is 0.465 e. The first-order valence-electron chi connectivity index (χ1n) is 4.06. The Balaban J connectivity index is 2.75. The molecular weight excluding hydrogens is 195 g/mol. The molecule has 0 aromatic carbocycles. The molecule has 5 heteroatoms. The number of ether oxygens (including phenoxy) is 1. The first-order valence-corrected chi connectivity index (χ1v) is 4.06. The predicted molar refractivity (Wildman–Crippen MR) is 45.1 cm³/mol. The summed E-state index contributed by atoms with van der Waals surface area (Å²) in [6, 6.07) is 3.28. The predicted octanol–water partition coefficient (Wildman–Crippen LogP) is 2.72. The Morgan fingerprint density at radius 2 is 2.07 bits per heavy atom. The van der Waals surface area contributed by atoms with Gasteiger partial charge in [0.1, 0.15) is 0 Å². The van der Waals surface area contributed by atoms with Gasteiger partial charge in [0.2, 0.25) is 5.88 Å². The monoisotopic (exact) mass is 205 g/mol. The molecule has 0 amide bonds. The zero-order valence-electron chi connectivity index (χ0n) is 7.80. The molecule has 14 heavy (non-hydrogen) atoms. The van der Waals surface area contributed by atoms with Crippen LogP contribution in [0.1, 0.15) is 12.5 Å². The second-order valence-electron chi connectivity index (χ2n) is 2.93. The number of pyridine rings is 1. The fourth-order valence-corrected chi connectivity index (χ4v) is 0.829. The molecule has 2 nitrogen and oxygen atoms in total. The Morgan fingerprint density at radius 3 is 2.57 bits per heavy atom. The van der Waals surface area contributed by atoms with E-state index in [-0.39, 0.29) is 5.88 Å². The van der Waals surface area contributed by atoms with Crippen LogP contribution in [0.4, 0.5) is 13.2 Å². The van der Waals surface area contributed by atoms with E-state index in [0.29, 0.717) is 5.56 Å². The molecule has 0 saturated heterocycles. The minimum atomic E-state index is -4.36. The van der Waals surface area contributed by atoms with Gasteiger partial charge in [-0.2, -0.15) is 13.2 Å². The van der Waals surface area contributed by atoms with Crippen LogP contribution in [-0.4, -0.2) is 17.3 Å². The number of aromatic nitrogens is 1. The number of halogens is 3. The molecule has 1 unspecified atom stereocenters. The van der Waals surface area contributed by atoms with Crippen molar-refractivity contribution in [1.29, 1.82) is 0 Å². The molecule has 0 bridgehead atoms. The van der Waals surface area contributed by atoms with E-state index in [4.69, 9.17) is 0 Å². The van der Waals surface area contributed by atoms with E-state index < -0.39 is 12.3 Å². The zero-order chi connectivity index (χ0) is 10.8. The maximum absolute atomic E-state index is 12.1. The van der Waals surface area contributed by atoms with Gasteiger partial charge in [0.05, 0.1) is 0 Å². The van der Waals surface area contributed by atoms with E-state index in [2.05, 4.69) is 9.72 Å². The van der Waals surface area contributed by atoms with Crippen molar-refractivity contribution in [2.24, 2.45) is 0 Å². The van der Waals surface area contributed by atoms with Gasteiger partial charge >= 0.3 is 6.18 Å². The lowest BCUT2D eigenvalue weighted by Crippen LogP contribution is -2.31. The van der Waals surface area contributed by atoms with E-state index in [1.165, 1.54) is 6.20 Å². The highest BCUT2D eigenvalue weighted by molar-refractivity contribution is 5.23. The zero-order valence-corrected chi connectivity index (χ0v) is 7.80. The Labute approximate surface area is 79.7 Å². The minimum absolute atomic E-state index is 0.0253. The number of hydrogen-bond acceptors (Lipinski definition) is 2. The molecule has 1 rings (SSSR count). The summed E-state index contributed by atoms with van der Waals surface area (Å²) in [6.45, 7) is 2.60. The molecule has 1 aromatic heterocycles. The van der Waals surface area contributed by atoms with E-state index in [1.807, 2.05) is 0 Å². The van der Waals surface area contributed by atoms with Crippen LogP contribution in [0.2, 0.25) is 0 Å². The van der Waals surface area contributed by atoms with Crippen LogP contribution in [0.5, 0.6) is 5.88 Å². The van der Waals surface area contributed by atoms with E-state index >= 15 is 0 Å². The fraction of sp³-hybridized carbons (Fsp3) is 0.444. The summed E-state index contributed by atoms with van der Waals surface area (Å²) < 4.78 is 41.0. The van der Waals surface area contributed by atoms with Crippen LogP contribution in [-0.2, 0) is 0 Å². The molecule has 78 valence electrons. The van der Waals surface area contributed by atoms with Crippen molar-refractivity contribution in [3.63, 3.8) is 0 Å². The van der Waals surface area contributed by atoms with Crippen LogP contribution in [0.25, 0.3) is 0 Å². The van der Waals surface area contributed by atoms with Gasteiger partial charge in [-0.05, 0) is 19.9 Å². The van der Waals surface area contributed by atoms with Crippen molar-refractivity contribution in [3.8, 4) is 5.88 Å². The summed E-state index contributed by atoms with van der Waals surface area (Å²) in [6.07, 6.45) is -4.80. The lowest BCUT2D eigenvalue weighted by molar-refractivity contribution is -0.190. The molecular formula is C9H10F3NO. The van der Waals surface area contributed by atoms with Crippen LogP contribution < -0.4 is 4.74 Å². The number of aryl methyl sites for hydroxylation is 1. The lowest BCUT2D eigenvalue weighted by Gasteiger charge is -2.17. The lowest BCUT2D eigenvalue weighted by atomic mass is 10.3. The average molecular weight is 205 g/mol. The molecule has 0 saturated carbocycles. The molecule has 1 heterocycles. The molecule has 0 aliphatic rings. The van der Waals surface area contributed by atoms with E-state index in [9.17, 15) is 13.2 Å². The summed E-state index contributed by atoms with van der Waals surface area (Å²) in [7, 11) is 0. The van der Waals surface area contributed by atoms with Gasteiger partial charge in [-0.15, -0.1) is 0 Å². The highest BCUT2D eigenvalue weighted by atomic mass is 19.4. The SMILES string of the molecule is Cc1cccnc1OC(C)C(F)(F)F. The Kier molecular flexibility index (Phi) is 2.98. The Bertz CT molecular complexity index is 311. The second-order valence-corrected chi connectivity index (χ2v) is 2.93. The highest BCUT2D eigenvalue weighted by Crippen LogP contribution is 2.25. The molecule has 0 aliphatic carbocycles. The van der Waals surface area contributed by atoms with Crippen LogP contribution in [0, 0.1) is 6.92 Å². The smallest absolute Gasteiger partial charge is 0.425 e. The molecule has 0 radical (unpaired) electrons. The molecule has 0 aliphatic heterocycles. The summed E-state index contributed by atoms with van der Waals surface area (Å²) in [4.78, 5) is 3.71. The van der Waals surface area contributed by atoms with Crippen LogP contribution >= 0.6 is 0 Å². The third kappa shape index (κ3) is 2.61. The summed E-state index contributed by atoms with van der Waals surface area (Å²) >= 11 is 0. The van der Waals surface area contributed by atoms with Crippen LogP contribution in [0.3, 0.4) is 0 Å². The standard InChI is InChI=1S/C9H10F3NO/c1-6-4-3-5-13-8(6)14-7(2)9(10,11)12/h3-5,7H,1-2H3. The number of rotatable bonds is 2. The van der Waals surface area contributed by atoms with Gasteiger partial charge < -0.3 is 4.74 Å². The molecule has 0 spiro atoms. The quantitative estimate of drug-likeness (QED) is 0.740. The molecule has 1 aromatic rings. The summed E-state index contributed by atoms with van der Waals surface area (Å²) in [5.74, 6) is 0.0253. The van der Waals surface area contributed by atoms with Crippen LogP contribution in [0.15, 0.2) is 18.3 Å². The van der Waals surface area contributed by atoms with Gasteiger partial charge in [-0.1, -0.05) is 6.07 Å². The first-order chi connectivity index (χ1) is 6.41. The molecule has 0 fully saturated rings. The second kappa shape index (κ2) is 3.86. The number of hydrogen-bond donors (Lipinski definition) is 0. The molecule has 1 atom stereocenters. The average Bonchev–Trinajstić information content (AvgIpc) is 2.07. The van der Waals surface area contributed by atoms with Gasteiger partial charge in [0, 0.05) is 11.8 Å². The van der Waals surface area contributed by atoms with Gasteiger partial charge in [-0.3, -0.25) is 0 Å². The van der Waals surface area contributed by atoms with Crippen molar-refractivity contribution in [2.45, 2.75) is 26.1 Å². The van der Waals surface area contributed by atoms with E-state index in [0.717, 1.165) is 6.92 Å². The summed E-state index contributed by atoms with van der Waals surface area (Å²) in [5, 5.41) is 0. The maximum Gasteiger partial charge on any atom is 0.425 e. The fourth-order valence-electron chi connectivity index (χ4n) is 0.829. The van der Waals surface area contributed by atoms with E-state index in [1.54, 1.807) is 19.1 Å². The van der Waals surface area contributed by atoms with Crippen molar-refractivity contribution in [3.05, 3.63) is 23.9 Å². The van der Waals surface area contributed by atoms with Crippen molar-refractivity contribution < 1.29 is 17.9 Å².